The molecular formula is C25H31NO3S. The molecule has 3 rings (SSSR count). The number of fused-ring (bicyclic) bond motifs is 1. The fraction of sp³-hybridized carbons (Fsp3) is 0.400. The third-order valence-corrected chi connectivity index (χ3v) is 7.60. The monoisotopic (exact) mass is 425 g/mol. The van der Waals surface area contributed by atoms with Gasteiger partial charge in [-0.15, -0.1) is 0 Å². The summed E-state index contributed by atoms with van der Waals surface area (Å²) in [6, 6.07) is 13.8. The van der Waals surface area contributed by atoms with Gasteiger partial charge in [-0.3, -0.25) is 4.79 Å². The minimum absolute atomic E-state index is 0.0302. The largest absolute Gasteiger partial charge is 0.289 e. The first kappa shape index (κ1) is 22.4. The Labute approximate surface area is 180 Å². The van der Waals surface area contributed by atoms with E-state index < -0.39 is 16.1 Å². The quantitative estimate of drug-likeness (QED) is 0.641. The average molecular weight is 426 g/mol. The maximum absolute atomic E-state index is 13.4. The van der Waals surface area contributed by atoms with Crippen LogP contribution < -0.4 is 4.72 Å². The van der Waals surface area contributed by atoms with E-state index in [1.54, 1.807) is 24.3 Å². The highest BCUT2D eigenvalue weighted by atomic mass is 32.2. The third-order valence-electron chi connectivity index (χ3n) is 6.11. The summed E-state index contributed by atoms with van der Waals surface area (Å²) < 4.78 is 29.2. The van der Waals surface area contributed by atoms with Crippen molar-refractivity contribution in [2.45, 2.75) is 64.3 Å². The summed E-state index contributed by atoms with van der Waals surface area (Å²) in [5, 5.41) is 0. The number of sulfonamides is 1. The third kappa shape index (κ3) is 4.42. The molecule has 30 heavy (non-hydrogen) atoms. The molecular weight excluding hydrogens is 394 g/mol. The average Bonchev–Trinajstić information content (AvgIpc) is 2.74. The van der Waals surface area contributed by atoms with Gasteiger partial charge in [0, 0.05) is 11.6 Å². The molecule has 0 heterocycles. The second-order valence-corrected chi connectivity index (χ2v) is 9.67. The second kappa shape index (κ2) is 9.27. The standard InChI is InChI=1S/C25H31NO3S/c1-5-18-16-24(26-30(28,29)19-14-12-17(4)13-15-19)22-10-8-9-11-23(22)25(27)21(7-3)20(18)6-2/h8-15,18,24,26H,5-7,16H2,1-4H3/b21-20-/t18-,24+/m0/s1. The molecule has 0 amide bonds. The normalized spacial score (nSPS) is 22.3. The number of aryl methyl sites for hydroxylation is 1. The van der Waals surface area contributed by atoms with Gasteiger partial charge in [-0.25, -0.2) is 13.1 Å². The molecule has 5 heteroatoms. The summed E-state index contributed by atoms with van der Waals surface area (Å²) in [5.41, 5.74) is 4.42. The first-order valence-electron chi connectivity index (χ1n) is 10.8. The fourth-order valence-corrected chi connectivity index (χ4v) is 5.73. The SMILES string of the molecule is CC/C1=C(\CC)[C@@H](CC)C[C@@H](NS(=O)(=O)c2ccc(C)cc2)c2ccccc2C1=O. The van der Waals surface area contributed by atoms with Crippen LogP contribution in [0.1, 0.15) is 74.0 Å². The summed E-state index contributed by atoms with van der Waals surface area (Å²) in [5.74, 6) is 0.190. The van der Waals surface area contributed by atoms with Gasteiger partial charge in [-0.1, -0.05) is 68.3 Å². The minimum atomic E-state index is -3.72. The van der Waals surface area contributed by atoms with Crippen molar-refractivity contribution in [2.75, 3.05) is 0 Å². The summed E-state index contributed by atoms with van der Waals surface area (Å²) >= 11 is 0. The van der Waals surface area contributed by atoms with E-state index in [-0.39, 0.29) is 16.6 Å². The molecule has 160 valence electrons. The van der Waals surface area contributed by atoms with E-state index >= 15 is 0 Å². The van der Waals surface area contributed by atoms with Crippen molar-refractivity contribution in [3.63, 3.8) is 0 Å². The minimum Gasteiger partial charge on any atom is -0.289 e. The molecule has 0 spiro atoms. The Balaban J connectivity index is 2.11. The van der Waals surface area contributed by atoms with Crippen LogP contribution in [-0.2, 0) is 10.0 Å². The van der Waals surface area contributed by atoms with E-state index in [2.05, 4.69) is 18.6 Å². The van der Waals surface area contributed by atoms with Crippen LogP contribution in [-0.4, -0.2) is 14.2 Å². The number of ketones is 1. The number of nitrogens with one attached hydrogen (secondary N) is 1. The molecule has 0 radical (unpaired) electrons. The number of benzene rings is 2. The lowest BCUT2D eigenvalue weighted by molar-refractivity contribution is 0.102. The molecule has 1 N–H and O–H groups in total. The molecule has 0 saturated heterocycles. The number of allylic oxidation sites excluding steroid dienone is 2. The van der Waals surface area contributed by atoms with Gasteiger partial charge < -0.3 is 0 Å². The van der Waals surface area contributed by atoms with E-state index in [0.717, 1.165) is 29.5 Å². The van der Waals surface area contributed by atoms with Gasteiger partial charge in [0.05, 0.1) is 4.90 Å². The first-order valence-corrected chi connectivity index (χ1v) is 12.2. The molecule has 1 aliphatic carbocycles. The number of rotatable bonds is 6. The van der Waals surface area contributed by atoms with E-state index in [1.807, 2.05) is 38.1 Å². The topological polar surface area (TPSA) is 63.2 Å². The van der Waals surface area contributed by atoms with Gasteiger partial charge in [0.25, 0.3) is 0 Å². The van der Waals surface area contributed by atoms with Crippen LogP contribution in [0.25, 0.3) is 0 Å². The Bertz CT molecular complexity index is 1050. The van der Waals surface area contributed by atoms with Gasteiger partial charge >= 0.3 is 0 Å². The Kier molecular flexibility index (Phi) is 6.94. The Morgan fingerprint density at radius 1 is 0.967 bits per heavy atom. The van der Waals surface area contributed by atoms with Gasteiger partial charge in [0.15, 0.2) is 5.78 Å². The molecule has 0 unspecified atom stereocenters. The number of carbonyl (C=O) groups is 1. The smallest absolute Gasteiger partial charge is 0.241 e. The van der Waals surface area contributed by atoms with Crippen molar-refractivity contribution < 1.29 is 13.2 Å². The molecule has 0 aliphatic heterocycles. The van der Waals surface area contributed by atoms with Crippen molar-refractivity contribution in [1.29, 1.82) is 0 Å². The van der Waals surface area contributed by atoms with Crippen LogP contribution in [0.15, 0.2) is 64.6 Å². The van der Waals surface area contributed by atoms with Gasteiger partial charge in [0.1, 0.15) is 0 Å². The molecule has 0 saturated carbocycles. The molecule has 2 aromatic carbocycles. The number of hydrogen-bond acceptors (Lipinski definition) is 3. The number of hydrogen-bond donors (Lipinski definition) is 1. The highest BCUT2D eigenvalue weighted by Crippen LogP contribution is 2.38. The Hall–Kier alpha value is -2.24. The van der Waals surface area contributed by atoms with Crippen LogP contribution in [0, 0.1) is 12.8 Å². The lowest BCUT2D eigenvalue weighted by Gasteiger charge is -2.31. The summed E-state index contributed by atoms with van der Waals surface area (Å²) in [4.78, 5) is 13.7. The number of carbonyl (C=O) groups excluding carboxylic acids is 1. The fourth-order valence-electron chi connectivity index (χ4n) is 4.50. The van der Waals surface area contributed by atoms with Crippen LogP contribution in [0.2, 0.25) is 0 Å². The van der Waals surface area contributed by atoms with Crippen molar-refractivity contribution in [3.05, 3.63) is 76.4 Å². The van der Waals surface area contributed by atoms with Gasteiger partial charge in [-0.2, -0.15) is 0 Å². The van der Waals surface area contributed by atoms with E-state index in [1.165, 1.54) is 5.57 Å². The van der Waals surface area contributed by atoms with E-state index in [4.69, 9.17) is 0 Å². The summed E-state index contributed by atoms with van der Waals surface area (Å²) in [6.45, 7) is 8.14. The molecule has 2 atom stereocenters. The molecule has 0 bridgehead atoms. The van der Waals surface area contributed by atoms with Crippen molar-refractivity contribution in [2.24, 2.45) is 5.92 Å². The Morgan fingerprint density at radius 2 is 1.63 bits per heavy atom. The summed E-state index contributed by atoms with van der Waals surface area (Å²) in [6.07, 6.45) is 2.99. The van der Waals surface area contributed by atoms with Crippen LogP contribution >= 0.6 is 0 Å². The molecule has 1 aliphatic rings. The lowest BCUT2D eigenvalue weighted by atomic mass is 9.77. The number of Topliss-reactive ketones (excluding diaryl/α,β-unsaturated/α-hetero) is 1. The van der Waals surface area contributed by atoms with Crippen molar-refractivity contribution >= 4 is 15.8 Å². The molecule has 0 fully saturated rings. The molecule has 2 aromatic rings. The van der Waals surface area contributed by atoms with Crippen LogP contribution in [0.4, 0.5) is 0 Å². The maximum Gasteiger partial charge on any atom is 0.241 e. The van der Waals surface area contributed by atoms with Crippen molar-refractivity contribution in [1.82, 2.24) is 4.72 Å². The van der Waals surface area contributed by atoms with E-state index in [0.29, 0.717) is 18.4 Å². The van der Waals surface area contributed by atoms with Gasteiger partial charge in [0.2, 0.25) is 10.0 Å². The predicted molar refractivity (Wildman–Crippen MR) is 121 cm³/mol. The van der Waals surface area contributed by atoms with Crippen LogP contribution in [0.3, 0.4) is 0 Å². The van der Waals surface area contributed by atoms with Gasteiger partial charge in [-0.05, 0) is 61.8 Å². The zero-order valence-corrected chi connectivity index (χ0v) is 19.1. The highest BCUT2D eigenvalue weighted by molar-refractivity contribution is 7.89. The highest BCUT2D eigenvalue weighted by Gasteiger charge is 2.32. The zero-order valence-electron chi connectivity index (χ0n) is 18.2. The molecule has 0 aromatic heterocycles. The Morgan fingerprint density at radius 3 is 2.23 bits per heavy atom. The predicted octanol–water partition coefficient (Wildman–Crippen LogP) is 5.74. The molecule has 4 nitrogen and oxygen atoms in total. The second-order valence-electron chi connectivity index (χ2n) is 7.96. The maximum atomic E-state index is 13.4. The first-order chi connectivity index (χ1) is 14.3. The van der Waals surface area contributed by atoms with Crippen LogP contribution in [0.5, 0.6) is 0 Å². The van der Waals surface area contributed by atoms with Crippen molar-refractivity contribution in [3.8, 4) is 0 Å². The zero-order chi connectivity index (χ0) is 21.9. The van der Waals surface area contributed by atoms with E-state index in [9.17, 15) is 13.2 Å². The lowest BCUT2D eigenvalue weighted by Crippen LogP contribution is -2.33. The summed E-state index contributed by atoms with van der Waals surface area (Å²) in [7, 11) is -3.72.